The average molecular weight is 374 g/mol. The molecule has 0 radical (unpaired) electrons. The number of anilines is 4. The zero-order valence-electron chi connectivity index (χ0n) is 14.7. The summed E-state index contributed by atoms with van der Waals surface area (Å²) in [5.74, 6) is -2.90. The molecular weight excluding hydrogens is 357 g/mol. The van der Waals surface area contributed by atoms with Gasteiger partial charge in [-0.2, -0.15) is 4.98 Å². The van der Waals surface area contributed by atoms with Crippen LogP contribution in [0.4, 0.5) is 36.3 Å². The van der Waals surface area contributed by atoms with E-state index < -0.39 is 17.5 Å². The van der Waals surface area contributed by atoms with Gasteiger partial charge >= 0.3 is 0 Å². The molecule has 0 saturated heterocycles. The Labute approximate surface area is 154 Å². The van der Waals surface area contributed by atoms with Crippen LogP contribution >= 0.6 is 0 Å². The molecule has 0 bridgehead atoms. The van der Waals surface area contributed by atoms with Crippen molar-refractivity contribution in [1.29, 1.82) is 0 Å². The summed E-state index contributed by atoms with van der Waals surface area (Å²) in [7, 11) is 0. The van der Waals surface area contributed by atoms with Gasteiger partial charge in [0, 0.05) is 17.4 Å². The zero-order chi connectivity index (χ0) is 19.4. The van der Waals surface area contributed by atoms with Gasteiger partial charge in [-0.25, -0.2) is 18.2 Å². The van der Waals surface area contributed by atoms with Gasteiger partial charge in [-0.3, -0.25) is 0 Å². The van der Waals surface area contributed by atoms with Gasteiger partial charge in [0.05, 0.1) is 12.3 Å². The van der Waals surface area contributed by atoms with Gasteiger partial charge in [0.2, 0.25) is 5.95 Å². The maximum atomic E-state index is 13.8. The standard InChI is InChI=1S/C19H17F3N4O/c1-3-27-13-6-4-12(5-7-13)24-16-10-11(2)23-19(26-16)25-15-9-8-14(20)17(21)18(15)22/h4-10H,3H2,1-2H3,(H2,23,24,25,26). The van der Waals surface area contributed by atoms with Crippen molar-refractivity contribution >= 4 is 23.1 Å². The lowest BCUT2D eigenvalue weighted by Crippen LogP contribution is -2.05. The Bertz CT molecular complexity index is 948. The van der Waals surface area contributed by atoms with E-state index in [9.17, 15) is 13.2 Å². The fourth-order valence-electron chi connectivity index (χ4n) is 2.38. The molecule has 0 amide bonds. The predicted octanol–water partition coefficient (Wildman–Crippen LogP) is 5.09. The summed E-state index contributed by atoms with van der Waals surface area (Å²) in [5, 5.41) is 5.67. The quantitative estimate of drug-likeness (QED) is 0.589. The Balaban J connectivity index is 1.81. The summed E-state index contributed by atoms with van der Waals surface area (Å²) in [5.41, 5.74) is 1.11. The highest BCUT2D eigenvalue weighted by molar-refractivity contribution is 5.61. The smallest absolute Gasteiger partial charge is 0.229 e. The summed E-state index contributed by atoms with van der Waals surface area (Å²) >= 11 is 0. The molecule has 0 aliphatic carbocycles. The van der Waals surface area contributed by atoms with Crippen molar-refractivity contribution in [2.75, 3.05) is 17.2 Å². The summed E-state index contributed by atoms with van der Waals surface area (Å²) in [4.78, 5) is 8.37. The van der Waals surface area contributed by atoms with Gasteiger partial charge in [-0.1, -0.05) is 0 Å². The third-order valence-corrected chi connectivity index (χ3v) is 3.57. The number of hydrogen-bond donors (Lipinski definition) is 2. The number of aryl methyl sites for hydroxylation is 1. The highest BCUT2D eigenvalue weighted by atomic mass is 19.2. The van der Waals surface area contributed by atoms with Crippen LogP contribution in [0.1, 0.15) is 12.6 Å². The van der Waals surface area contributed by atoms with Crippen molar-refractivity contribution < 1.29 is 17.9 Å². The predicted molar refractivity (Wildman–Crippen MR) is 97.3 cm³/mol. The maximum absolute atomic E-state index is 13.8. The fraction of sp³-hybridized carbons (Fsp3) is 0.158. The van der Waals surface area contributed by atoms with Crippen molar-refractivity contribution in [3.63, 3.8) is 0 Å². The molecule has 0 saturated carbocycles. The van der Waals surface area contributed by atoms with Gasteiger partial charge < -0.3 is 15.4 Å². The Morgan fingerprint density at radius 3 is 2.37 bits per heavy atom. The van der Waals surface area contributed by atoms with Crippen LogP contribution in [0.25, 0.3) is 0 Å². The number of halogens is 3. The first kappa shape index (κ1) is 18.5. The number of ether oxygens (including phenoxy) is 1. The molecule has 3 rings (SSSR count). The normalized spacial score (nSPS) is 10.6. The second kappa shape index (κ2) is 7.94. The fourth-order valence-corrected chi connectivity index (χ4v) is 2.38. The summed E-state index contributed by atoms with van der Waals surface area (Å²) < 4.78 is 45.7. The molecule has 1 heterocycles. The Morgan fingerprint density at radius 1 is 0.926 bits per heavy atom. The highest BCUT2D eigenvalue weighted by Gasteiger charge is 2.14. The molecule has 0 aliphatic heterocycles. The monoisotopic (exact) mass is 374 g/mol. The number of rotatable bonds is 6. The van der Waals surface area contributed by atoms with Gasteiger partial charge in [0.15, 0.2) is 17.5 Å². The number of hydrogen-bond acceptors (Lipinski definition) is 5. The minimum Gasteiger partial charge on any atom is -0.494 e. The lowest BCUT2D eigenvalue weighted by atomic mass is 10.3. The molecule has 3 aromatic rings. The third-order valence-electron chi connectivity index (χ3n) is 3.57. The van der Waals surface area contributed by atoms with Crippen molar-refractivity contribution in [3.8, 4) is 5.75 Å². The highest BCUT2D eigenvalue weighted by Crippen LogP contribution is 2.24. The molecule has 5 nitrogen and oxygen atoms in total. The molecule has 140 valence electrons. The zero-order valence-corrected chi connectivity index (χ0v) is 14.7. The van der Waals surface area contributed by atoms with Crippen molar-refractivity contribution in [3.05, 3.63) is 65.6 Å². The van der Waals surface area contributed by atoms with E-state index in [0.29, 0.717) is 18.1 Å². The van der Waals surface area contributed by atoms with Crippen molar-refractivity contribution in [2.45, 2.75) is 13.8 Å². The lowest BCUT2D eigenvalue weighted by molar-refractivity contribution is 0.340. The number of benzene rings is 2. The maximum Gasteiger partial charge on any atom is 0.229 e. The lowest BCUT2D eigenvalue weighted by Gasteiger charge is -2.11. The summed E-state index contributed by atoms with van der Waals surface area (Å²) in [6.45, 7) is 4.21. The topological polar surface area (TPSA) is 59.1 Å². The van der Waals surface area contributed by atoms with Crippen LogP contribution in [0.3, 0.4) is 0 Å². The van der Waals surface area contributed by atoms with E-state index in [-0.39, 0.29) is 11.6 Å². The van der Waals surface area contributed by atoms with E-state index in [2.05, 4.69) is 20.6 Å². The van der Waals surface area contributed by atoms with Crippen LogP contribution in [-0.2, 0) is 0 Å². The van der Waals surface area contributed by atoms with Crippen molar-refractivity contribution in [2.24, 2.45) is 0 Å². The first-order chi connectivity index (χ1) is 13.0. The van der Waals surface area contributed by atoms with Crippen molar-refractivity contribution in [1.82, 2.24) is 9.97 Å². The Morgan fingerprint density at radius 2 is 1.67 bits per heavy atom. The number of nitrogens with zero attached hydrogens (tertiary/aromatic N) is 2. The molecule has 2 aromatic carbocycles. The van der Waals surface area contributed by atoms with E-state index in [1.54, 1.807) is 13.0 Å². The van der Waals surface area contributed by atoms with E-state index in [1.165, 1.54) is 0 Å². The molecule has 27 heavy (non-hydrogen) atoms. The van der Waals surface area contributed by atoms with Gasteiger partial charge in [-0.05, 0) is 50.2 Å². The Hall–Kier alpha value is -3.29. The molecule has 0 fully saturated rings. The van der Waals surface area contributed by atoms with Gasteiger partial charge in [-0.15, -0.1) is 0 Å². The first-order valence-electron chi connectivity index (χ1n) is 8.22. The van der Waals surface area contributed by atoms with Crippen LogP contribution in [0.2, 0.25) is 0 Å². The second-order valence-electron chi connectivity index (χ2n) is 5.65. The van der Waals surface area contributed by atoms with Gasteiger partial charge in [0.25, 0.3) is 0 Å². The second-order valence-corrected chi connectivity index (χ2v) is 5.65. The van der Waals surface area contributed by atoms with Crippen LogP contribution in [-0.4, -0.2) is 16.6 Å². The summed E-state index contributed by atoms with van der Waals surface area (Å²) in [6, 6.07) is 10.9. The SMILES string of the molecule is CCOc1ccc(Nc2cc(C)nc(Nc3ccc(F)c(F)c3F)n2)cc1. The molecule has 8 heteroatoms. The first-order valence-corrected chi connectivity index (χ1v) is 8.22. The molecule has 0 atom stereocenters. The summed E-state index contributed by atoms with van der Waals surface area (Å²) in [6.07, 6.45) is 0. The van der Waals surface area contributed by atoms with E-state index in [1.807, 2.05) is 31.2 Å². The largest absolute Gasteiger partial charge is 0.494 e. The van der Waals surface area contributed by atoms with Gasteiger partial charge in [0.1, 0.15) is 11.6 Å². The number of nitrogens with one attached hydrogen (secondary N) is 2. The number of aromatic nitrogens is 2. The van der Waals surface area contributed by atoms with E-state index in [0.717, 1.165) is 23.6 Å². The molecule has 0 unspecified atom stereocenters. The van der Waals surface area contributed by atoms with E-state index >= 15 is 0 Å². The van der Waals surface area contributed by atoms with Crippen LogP contribution in [0.15, 0.2) is 42.5 Å². The average Bonchev–Trinajstić information content (AvgIpc) is 2.64. The van der Waals surface area contributed by atoms with Crippen LogP contribution in [0, 0.1) is 24.4 Å². The van der Waals surface area contributed by atoms with E-state index in [4.69, 9.17) is 4.74 Å². The molecule has 2 N–H and O–H groups in total. The molecule has 0 spiro atoms. The van der Waals surface area contributed by atoms with Crippen LogP contribution in [0.5, 0.6) is 5.75 Å². The minimum atomic E-state index is -1.56. The molecule has 0 aliphatic rings. The molecular formula is C19H17F3N4O. The molecule has 1 aromatic heterocycles. The Kier molecular flexibility index (Phi) is 5.44. The minimum absolute atomic E-state index is 0.0494. The third kappa shape index (κ3) is 4.46. The van der Waals surface area contributed by atoms with Crippen LogP contribution < -0.4 is 15.4 Å².